The van der Waals surface area contributed by atoms with Crippen LogP contribution in [-0.2, 0) is 26.2 Å². The molecule has 2 amide bonds. The van der Waals surface area contributed by atoms with E-state index in [0.29, 0.717) is 16.3 Å². The van der Waals surface area contributed by atoms with Crippen molar-refractivity contribution in [2.75, 3.05) is 13.3 Å². The lowest BCUT2D eigenvalue weighted by Gasteiger charge is -2.26. The molecule has 1 aliphatic heterocycles. The number of carbonyl (C=O) groups is 2. The third-order valence-corrected chi connectivity index (χ3v) is 5.25. The van der Waals surface area contributed by atoms with Gasteiger partial charge in [-0.2, -0.15) is 0 Å². The molecule has 0 aromatic heterocycles. The van der Waals surface area contributed by atoms with Gasteiger partial charge in [-0.25, -0.2) is 21.5 Å². The van der Waals surface area contributed by atoms with Crippen molar-refractivity contribution in [2.45, 2.75) is 31.8 Å². The molecule has 9 heteroatoms. The number of likely N-dealkylation sites (tertiary alicyclic amines) is 1. The Labute approximate surface area is 139 Å². The minimum absolute atomic E-state index is 0.0383. The number of rotatable bonds is 5. The fraction of sp³-hybridized carbons (Fsp3) is 0.467. The summed E-state index contributed by atoms with van der Waals surface area (Å²) in [4.78, 5) is 25.5. The van der Waals surface area contributed by atoms with E-state index in [1.165, 1.54) is 11.0 Å². The van der Waals surface area contributed by atoms with Crippen molar-refractivity contribution >= 4 is 21.8 Å². The van der Waals surface area contributed by atoms with Gasteiger partial charge in [0.2, 0.25) is 21.8 Å². The summed E-state index contributed by atoms with van der Waals surface area (Å²) in [7, 11) is -2.49. The second-order valence-corrected chi connectivity index (χ2v) is 7.80. The zero-order valence-electron chi connectivity index (χ0n) is 13.3. The van der Waals surface area contributed by atoms with Gasteiger partial charge in [0.1, 0.15) is 0 Å². The van der Waals surface area contributed by atoms with E-state index in [-0.39, 0.29) is 25.3 Å². The van der Waals surface area contributed by atoms with Gasteiger partial charge in [-0.05, 0) is 24.1 Å². The third kappa shape index (κ3) is 4.08. The Bertz CT molecular complexity index is 767. The van der Waals surface area contributed by atoms with Crippen molar-refractivity contribution in [2.24, 2.45) is 0 Å². The number of halogens is 2. The molecular formula is C15H18F2N2O4S. The molecule has 24 heavy (non-hydrogen) atoms. The number of nitrogens with zero attached hydrogens (tertiary/aromatic N) is 2. The predicted octanol–water partition coefficient (Wildman–Crippen LogP) is 1.26. The van der Waals surface area contributed by atoms with Gasteiger partial charge in [-0.1, -0.05) is 6.07 Å². The van der Waals surface area contributed by atoms with E-state index < -0.39 is 33.6 Å². The minimum Gasteiger partial charge on any atom is -0.335 e. The highest BCUT2D eigenvalue weighted by molar-refractivity contribution is 7.88. The van der Waals surface area contributed by atoms with Crippen LogP contribution in [-0.4, -0.2) is 48.8 Å². The van der Waals surface area contributed by atoms with Crippen LogP contribution in [0.3, 0.4) is 0 Å². The summed E-state index contributed by atoms with van der Waals surface area (Å²) >= 11 is 0. The smallest absolute Gasteiger partial charge is 0.237 e. The maximum Gasteiger partial charge on any atom is 0.237 e. The van der Waals surface area contributed by atoms with Gasteiger partial charge in [0.15, 0.2) is 11.6 Å². The summed E-state index contributed by atoms with van der Waals surface area (Å²) in [5.74, 6) is -2.82. The van der Waals surface area contributed by atoms with Crippen molar-refractivity contribution in [1.29, 1.82) is 0 Å². The first kappa shape index (κ1) is 18.3. The molecule has 1 fully saturated rings. The van der Waals surface area contributed by atoms with Gasteiger partial charge in [-0.3, -0.25) is 9.59 Å². The zero-order valence-corrected chi connectivity index (χ0v) is 14.1. The van der Waals surface area contributed by atoms with Gasteiger partial charge in [0, 0.05) is 32.5 Å². The van der Waals surface area contributed by atoms with Crippen LogP contribution in [0.5, 0.6) is 0 Å². The second kappa shape index (κ2) is 6.84. The Balaban J connectivity index is 2.11. The third-order valence-electron chi connectivity index (χ3n) is 4.05. The van der Waals surface area contributed by atoms with Crippen molar-refractivity contribution < 1.29 is 26.8 Å². The van der Waals surface area contributed by atoms with Crippen LogP contribution in [0.15, 0.2) is 18.2 Å². The van der Waals surface area contributed by atoms with Gasteiger partial charge in [0.05, 0.1) is 6.26 Å². The van der Waals surface area contributed by atoms with Gasteiger partial charge in [0.25, 0.3) is 0 Å². The molecule has 0 aliphatic carbocycles. The number of hydrogen-bond donors (Lipinski definition) is 0. The lowest BCUT2D eigenvalue weighted by Crippen LogP contribution is -2.39. The van der Waals surface area contributed by atoms with Crippen molar-refractivity contribution in [3.63, 3.8) is 0 Å². The van der Waals surface area contributed by atoms with E-state index in [0.717, 1.165) is 25.4 Å². The van der Waals surface area contributed by atoms with Crippen LogP contribution in [0.2, 0.25) is 0 Å². The normalized spacial score (nSPS) is 18.1. The van der Waals surface area contributed by atoms with Crippen LogP contribution >= 0.6 is 0 Å². The van der Waals surface area contributed by atoms with Crippen LogP contribution in [0.4, 0.5) is 8.78 Å². The molecule has 6 nitrogen and oxygen atoms in total. The lowest BCUT2D eigenvalue weighted by molar-refractivity contribution is -0.131. The highest BCUT2D eigenvalue weighted by Gasteiger charge is 2.34. The van der Waals surface area contributed by atoms with Gasteiger partial charge < -0.3 is 4.90 Å². The van der Waals surface area contributed by atoms with Crippen LogP contribution in [0, 0.1) is 11.6 Å². The Morgan fingerprint density at radius 2 is 2.00 bits per heavy atom. The highest BCUT2D eigenvalue weighted by Crippen LogP contribution is 2.25. The molecule has 0 N–H and O–H groups in total. The first-order valence-electron chi connectivity index (χ1n) is 7.29. The molecule has 0 saturated carbocycles. The Morgan fingerprint density at radius 3 is 2.58 bits per heavy atom. The molecule has 1 aromatic carbocycles. The Morgan fingerprint density at radius 1 is 1.33 bits per heavy atom. The largest absolute Gasteiger partial charge is 0.335 e. The first-order valence-corrected chi connectivity index (χ1v) is 9.14. The summed E-state index contributed by atoms with van der Waals surface area (Å²) < 4.78 is 49.7. The molecule has 1 unspecified atom stereocenters. The summed E-state index contributed by atoms with van der Waals surface area (Å²) in [6.07, 6.45) is 1.42. The molecule has 132 valence electrons. The van der Waals surface area contributed by atoms with E-state index >= 15 is 0 Å². The number of sulfonamides is 1. The summed E-state index contributed by atoms with van der Waals surface area (Å²) in [6.45, 7) is 0.0383. The maximum atomic E-state index is 13.3. The molecule has 1 atom stereocenters. The van der Waals surface area contributed by atoms with E-state index in [2.05, 4.69) is 0 Å². The van der Waals surface area contributed by atoms with Crippen LogP contribution < -0.4 is 0 Å². The predicted molar refractivity (Wildman–Crippen MR) is 82.2 cm³/mol. The monoisotopic (exact) mass is 360 g/mol. The number of hydrogen-bond acceptors (Lipinski definition) is 4. The van der Waals surface area contributed by atoms with Crippen LogP contribution in [0.25, 0.3) is 0 Å². The fourth-order valence-corrected chi connectivity index (χ4v) is 3.02. The van der Waals surface area contributed by atoms with E-state index in [1.807, 2.05) is 0 Å². The van der Waals surface area contributed by atoms with Crippen molar-refractivity contribution in [3.8, 4) is 0 Å². The number of carbonyl (C=O) groups excluding carboxylic acids is 2. The summed E-state index contributed by atoms with van der Waals surface area (Å²) in [5, 5.41) is 0. The molecule has 0 bridgehead atoms. The SMILES string of the molecule is CN(C(=O)CC1CCC(=O)N1Cc1ccc(F)c(F)c1)S(C)(=O)=O. The molecular weight excluding hydrogens is 342 g/mol. The lowest BCUT2D eigenvalue weighted by atomic mass is 10.1. The second-order valence-electron chi connectivity index (χ2n) is 5.79. The quantitative estimate of drug-likeness (QED) is 0.792. The standard InChI is InChI=1S/C15H18F2N2O4S/c1-18(24(2,22)23)15(21)8-11-4-6-14(20)19(11)9-10-3-5-12(16)13(17)7-10/h3,5,7,11H,4,6,8-9H2,1-2H3. The molecule has 1 aliphatic rings. The Hall–Kier alpha value is -2.03. The molecule has 2 rings (SSSR count). The molecule has 1 heterocycles. The van der Waals surface area contributed by atoms with Crippen LogP contribution in [0.1, 0.15) is 24.8 Å². The Kier molecular flexibility index (Phi) is 5.22. The van der Waals surface area contributed by atoms with E-state index in [9.17, 15) is 26.8 Å². The summed E-state index contributed by atoms with van der Waals surface area (Å²) in [5.41, 5.74) is 0.401. The molecule has 0 spiro atoms. The minimum atomic E-state index is -3.65. The average molecular weight is 360 g/mol. The topological polar surface area (TPSA) is 74.8 Å². The van der Waals surface area contributed by atoms with E-state index in [1.54, 1.807) is 0 Å². The first-order chi connectivity index (χ1) is 11.1. The number of amides is 2. The van der Waals surface area contributed by atoms with Gasteiger partial charge >= 0.3 is 0 Å². The van der Waals surface area contributed by atoms with E-state index in [4.69, 9.17) is 0 Å². The number of benzene rings is 1. The average Bonchev–Trinajstić information content (AvgIpc) is 2.82. The molecule has 1 aromatic rings. The zero-order chi connectivity index (χ0) is 18.1. The van der Waals surface area contributed by atoms with Crippen molar-refractivity contribution in [1.82, 2.24) is 9.21 Å². The fourth-order valence-electron chi connectivity index (χ4n) is 2.57. The van der Waals surface area contributed by atoms with Gasteiger partial charge in [-0.15, -0.1) is 0 Å². The summed E-state index contributed by atoms with van der Waals surface area (Å²) in [6, 6.07) is 2.87. The highest BCUT2D eigenvalue weighted by atomic mass is 32.2. The van der Waals surface area contributed by atoms with Crippen molar-refractivity contribution in [3.05, 3.63) is 35.4 Å². The maximum absolute atomic E-state index is 13.3. The molecule has 1 saturated heterocycles. The molecule has 0 radical (unpaired) electrons.